The fraction of sp³-hybridized carbons (Fsp3) is 0.529. The molecule has 0 bridgehead atoms. The topological polar surface area (TPSA) is 61.4 Å². The third kappa shape index (κ3) is 4.07. The Balaban J connectivity index is 1.96. The molecule has 1 aromatic rings. The third-order valence-corrected chi connectivity index (χ3v) is 4.21. The monoisotopic (exact) mass is 303 g/mol. The number of carbonyl (C=O) groups is 2. The van der Waals surface area contributed by atoms with E-state index in [1.165, 1.54) is 0 Å². The first kappa shape index (κ1) is 16.5. The zero-order chi connectivity index (χ0) is 16.2. The summed E-state index contributed by atoms with van der Waals surface area (Å²) in [6, 6.07) is 7.49. The third-order valence-electron chi connectivity index (χ3n) is 4.21. The van der Waals surface area contributed by atoms with Crippen LogP contribution in [0.5, 0.6) is 0 Å². The molecule has 0 aliphatic carbocycles. The number of likely N-dealkylation sites (N-methyl/N-ethyl adjacent to an activating group) is 1. The second-order valence-electron chi connectivity index (χ2n) is 6.46. The molecule has 2 amide bonds. The van der Waals surface area contributed by atoms with Crippen molar-refractivity contribution in [3.05, 3.63) is 29.8 Å². The Morgan fingerprint density at radius 3 is 2.50 bits per heavy atom. The van der Waals surface area contributed by atoms with Gasteiger partial charge in [-0.3, -0.25) is 9.59 Å². The number of rotatable bonds is 4. The molecule has 1 saturated heterocycles. The van der Waals surface area contributed by atoms with Crippen LogP contribution in [-0.4, -0.2) is 43.9 Å². The number of anilines is 1. The fourth-order valence-corrected chi connectivity index (χ4v) is 2.57. The minimum absolute atomic E-state index is 0.0526. The highest BCUT2D eigenvalue weighted by atomic mass is 16.2. The van der Waals surface area contributed by atoms with E-state index in [0.717, 1.165) is 30.6 Å². The standard InChI is InChI=1S/C17H25N3O2/c1-17(9-4-10-18-12-17)16(22)19-14-7-5-13(6-8-14)11-15(21)20(2)3/h5-8,18H,4,9-12H2,1-3H3,(H,19,22). The summed E-state index contributed by atoms with van der Waals surface area (Å²) in [7, 11) is 3.49. The second kappa shape index (κ2) is 6.92. The summed E-state index contributed by atoms with van der Waals surface area (Å²) in [4.78, 5) is 25.7. The molecule has 1 unspecified atom stereocenters. The van der Waals surface area contributed by atoms with Crippen LogP contribution in [-0.2, 0) is 16.0 Å². The summed E-state index contributed by atoms with van der Waals surface area (Å²) in [6.45, 7) is 3.70. The molecule has 0 radical (unpaired) electrons. The lowest BCUT2D eigenvalue weighted by Gasteiger charge is -2.32. The molecule has 1 aromatic carbocycles. The summed E-state index contributed by atoms with van der Waals surface area (Å²) in [6.07, 6.45) is 2.31. The van der Waals surface area contributed by atoms with E-state index in [0.29, 0.717) is 13.0 Å². The van der Waals surface area contributed by atoms with Crippen molar-refractivity contribution >= 4 is 17.5 Å². The van der Waals surface area contributed by atoms with Gasteiger partial charge in [-0.05, 0) is 44.0 Å². The van der Waals surface area contributed by atoms with Gasteiger partial charge in [0.2, 0.25) is 11.8 Å². The number of hydrogen-bond acceptors (Lipinski definition) is 3. The zero-order valence-corrected chi connectivity index (χ0v) is 13.6. The van der Waals surface area contributed by atoms with Crippen molar-refractivity contribution in [1.29, 1.82) is 0 Å². The SMILES string of the molecule is CN(C)C(=O)Cc1ccc(NC(=O)C2(C)CCCNC2)cc1. The van der Waals surface area contributed by atoms with Gasteiger partial charge in [0.15, 0.2) is 0 Å². The van der Waals surface area contributed by atoms with E-state index in [1.807, 2.05) is 31.2 Å². The van der Waals surface area contributed by atoms with E-state index in [2.05, 4.69) is 10.6 Å². The smallest absolute Gasteiger partial charge is 0.231 e. The maximum atomic E-state index is 12.4. The van der Waals surface area contributed by atoms with E-state index in [4.69, 9.17) is 0 Å². The van der Waals surface area contributed by atoms with Gasteiger partial charge in [-0.25, -0.2) is 0 Å². The Morgan fingerprint density at radius 1 is 1.27 bits per heavy atom. The van der Waals surface area contributed by atoms with Crippen molar-refractivity contribution in [2.75, 3.05) is 32.5 Å². The second-order valence-corrected chi connectivity index (χ2v) is 6.46. The molecular formula is C17H25N3O2. The Hall–Kier alpha value is -1.88. The van der Waals surface area contributed by atoms with E-state index in [-0.39, 0.29) is 17.2 Å². The van der Waals surface area contributed by atoms with Gasteiger partial charge in [-0.2, -0.15) is 0 Å². The number of piperidine rings is 1. The molecule has 120 valence electrons. The molecule has 5 heteroatoms. The maximum absolute atomic E-state index is 12.4. The van der Waals surface area contributed by atoms with Gasteiger partial charge in [0, 0.05) is 26.3 Å². The molecule has 0 saturated carbocycles. The van der Waals surface area contributed by atoms with Crippen LogP contribution < -0.4 is 10.6 Å². The minimum atomic E-state index is -0.349. The van der Waals surface area contributed by atoms with E-state index < -0.39 is 0 Å². The average Bonchev–Trinajstić information content (AvgIpc) is 2.49. The maximum Gasteiger partial charge on any atom is 0.231 e. The van der Waals surface area contributed by atoms with Crippen LogP contribution in [0.1, 0.15) is 25.3 Å². The highest BCUT2D eigenvalue weighted by Gasteiger charge is 2.34. The van der Waals surface area contributed by atoms with Gasteiger partial charge in [0.1, 0.15) is 0 Å². The van der Waals surface area contributed by atoms with Crippen LogP contribution in [0, 0.1) is 5.41 Å². The first-order chi connectivity index (χ1) is 10.4. The first-order valence-electron chi connectivity index (χ1n) is 7.72. The Bertz CT molecular complexity index is 531. The number of hydrogen-bond donors (Lipinski definition) is 2. The van der Waals surface area contributed by atoms with Crippen molar-refractivity contribution in [3.8, 4) is 0 Å². The Kier molecular flexibility index (Phi) is 5.19. The van der Waals surface area contributed by atoms with Crippen LogP contribution >= 0.6 is 0 Å². The zero-order valence-electron chi connectivity index (χ0n) is 13.6. The molecule has 1 fully saturated rings. The van der Waals surface area contributed by atoms with Crippen LogP contribution in [0.25, 0.3) is 0 Å². The van der Waals surface area contributed by atoms with Crippen LogP contribution in [0.3, 0.4) is 0 Å². The lowest BCUT2D eigenvalue weighted by Crippen LogP contribution is -2.46. The molecule has 0 aromatic heterocycles. The quantitative estimate of drug-likeness (QED) is 0.889. The lowest BCUT2D eigenvalue weighted by molar-refractivity contribution is -0.128. The predicted molar refractivity (Wildman–Crippen MR) is 87.7 cm³/mol. The summed E-state index contributed by atoms with van der Waals surface area (Å²) in [5.74, 6) is 0.120. The van der Waals surface area contributed by atoms with Crippen LogP contribution in [0.2, 0.25) is 0 Å². The van der Waals surface area contributed by atoms with E-state index in [1.54, 1.807) is 19.0 Å². The number of carbonyl (C=O) groups excluding carboxylic acids is 2. The molecule has 22 heavy (non-hydrogen) atoms. The number of nitrogens with one attached hydrogen (secondary N) is 2. The van der Waals surface area contributed by atoms with Gasteiger partial charge in [-0.15, -0.1) is 0 Å². The summed E-state index contributed by atoms with van der Waals surface area (Å²) in [5.41, 5.74) is 1.37. The van der Waals surface area contributed by atoms with Crippen molar-refractivity contribution in [3.63, 3.8) is 0 Å². The summed E-state index contributed by atoms with van der Waals surface area (Å²) >= 11 is 0. The molecular weight excluding hydrogens is 278 g/mol. The van der Waals surface area contributed by atoms with Gasteiger partial charge >= 0.3 is 0 Å². The van der Waals surface area contributed by atoms with Crippen molar-refractivity contribution < 1.29 is 9.59 Å². The van der Waals surface area contributed by atoms with Crippen molar-refractivity contribution in [2.45, 2.75) is 26.2 Å². The highest BCUT2D eigenvalue weighted by Crippen LogP contribution is 2.27. The van der Waals surface area contributed by atoms with Crippen molar-refractivity contribution in [1.82, 2.24) is 10.2 Å². The Morgan fingerprint density at radius 2 is 1.95 bits per heavy atom. The normalized spacial score (nSPS) is 21.2. The molecule has 5 nitrogen and oxygen atoms in total. The van der Waals surface area contributed by atoms with Crippen LogP contribution in [0.15, 0.2) is 24.3 Å². The van der Waals surface area contributed by atoms with Crippen LogP contribution in [0.4, 0.5) is 5.69 Å². The van der Waals surface area contributed by atoms with Gasteiger partial charge in [-0.1, -0.05) is 12.1 Å². The van der Waals surface area contributed by atoms with Gasteiger partial charge in [0.25, 0.3) is 0 Å². The van der Waals surface area contributed by atoms with E-state index >= 15 is 0 Å². The fourth-order valence-electron chi connectivity index (χ4n) is 2.57. The van der Waals surface area contributed by atoms with E-state index in [9.17, 15) is 9.59 Å². The average molecular weight is 303 g/mol. The Labute approximate surface area is 132 Å². The van der Waals surface area contributed by atoms with Gasteiger partial charge in [0.05, 0.1) is 11.8 Å². The molecule has 2 N–H and O–H groups in total. The molecule has 1 aliphatic heterocycles. The number of nitrogens with zero attached hydrogens (tertiary/aromatic N) is 1. The number of benzene rings is 1. The number of amides is 2. The first-order valence-corrected chi connectivity index (χ1v) is 7.72. The van der Waals surface area contributed by atoms with Crippen molar-refractivity contribution in [2.24, 2.45) is 5.41 Å². The summed E-state index contributed by atoms with van der Waals surface area (Å²) < 4.78 is 0. The largest absolute Gasteiger partial charge is 0.349 e. The lowest BCUT2D eigenvalue weighted by atomic mass is 9.82. The predicted octanol–water partition coefficient (Wildman–Crippen LogP) is 1.65. The summed E-state index contributed by atoms with van der Waals surface area (Å²) in [5, 5.41) is 6.26. The molecule has 1 aliphatic rings. The molecule has 1 heterocycles. The molecule has 2 rings (SSSR count). The highest BCUT2D eigenvalue weighted by molar-refractivity contribution is 5.95. The molecule has 0 spiro atoms. The minimum Gasteiger partial charge on any atom is -0.349 e. The molecule has 1 atom stereocenters. The van der Waals surface area contributed by atoms with Gasteiger partial charge < -0.3 is 15.5 Å².